The predicted molar refractivity (Wildman–Crippen MR) is 81.0 cm³/mol. The number of rotatable bonds is 5. The number of hydrogen-bond acceptors (Lipinski definition) is 5. The summed E-state index contributed by atoms with van der Waals surface area (Å²) in [5, 5.41) is 3.82. The number of hydrazone groups is 1. The Bertz CT molecular complexity index is 667. The molecule has 7 heteroatoms. The molecule has 6 nitrogen and oxygen atoms in total. The van der Waals surface area contributed by atoms with Gasteiger partial charge in [-0.2, -0.15) is 5.10 Å². The minimum atomic E-state index is -0.363. The second kappa shape index (κ2) is 6.94. The van der Waals surface area contributed by atoms with Crippen molar-refractivity contribution in [3.63, 3.8) is 0 Å². The van der Waals surface area contributed by atoms with Gasteiger partial charge in [-0.3, -0.25) is 4.79 Å². The summed E-state index contributed by atoms with van der Waals surface area (Å²) in [4.78, 5) is 11.9. The number of carbonyl (C=O) groups excluding carboxylic acids is 1. The minimum Gasteiger partial charge on any atom is -0.493 e. The molecule has 1 amide bonds. The zero-order valence-corrected chi connectivity index (χ0v) is 13.0. The first-order chi connectivity index (χ1) is 10.1. The van der Waals surface area contributed by atoms with Crippen molar-refractivity contribution in [2.24, 2.45) is 5.10 Å². The van der Waals surface area contributed by atoms with E-state index >= 15 is 0 Å². The second-order valence-corrected chi connectivity index (χ2v) is 4.69. The largest absolute Gasteiger partial charge is 0.493 e. The summed E-state index contributed by atoms with van der Waals surface area (Å²) >= 11 is 3.18. The molecule has 0 spiro atoms. The Balaban J connectivity index is 2.05. The third kappa shape index (κ3) is 3.85. The number of benzene rings is 1. The summed E-state index contributed by atoms with van der Waals surface area (Å²) in [6.45, 7) is 0. The minimum absolute atomic E-state index is 0.363. The molecule has 0 fully saturated rings. The number of nitrogens with one attached hydrogen (secondary N) is 1. The van der Waals surface area contributed by atoms with E-state index in [4.69, 9.17) is 13.9 Å². The highest BCUT2D eigenvalue weighted by molar-refractivity contribution is 9.10. The predicted octanol–water partition coefficient (Wildman–Crippen LogP) is 2.82. The maximum atomic E-state index is 11.9. The van der Waals surface area contributed by atoms with Crippen LogP contribution in [0.25, 0.3) is 0 Å². The van der Waals surface area contributed by atoms with Crippen molar-refractivity contribution < 1.29 is 18.7 Å². The van der Waals surface area contributed by atoms with Crippen molar-refractivity contribution in [2.75, 3.05) is 14.2 Å². The van der Waals surface area contributed by atoms with Crippen LogP contribution >= 0.6 is 15.9 Å². The van der Waals surface area contributed by atoms with E-state index in [0.29, 0.717) is 27.5 Å². The summed E-state index contributed by atoms with van der Waals surface area (Å²) in [6.07, 6.45) is 1.41. The van der Waals surface area contributed by atoms with Crippen molar-refractivity contribution in [3.05, 3.63) is 46.3 Å². The number of furan rings is 1. The van der Waals surface area contributed by atoms with E-state index in [1.807, 2.05) is 0 Å². The monoisotopic (exact) mass is 352 g/mol. The third-order valence-electron chi connectivity index (χ3n) is 2.60. The van der Waals surface area contributed by atoms with Crippen LogP contribution in [0.5, 0.6) is 11.5 Å². The van der Waals surface area contributed by atoms with Crippen molar-refractivity contribution in [1.29, 1.82) is 0 Å². The van der Waals surface area contributed by atoms with Crippen molar-refractivity contribution in [3.8, 4) is 11.5 Å². The van der Waals surface area contributed by atoms with Crippen molar-refractivity contribution >= 4 is 28.1 Å². The first-order valence-electron chi connectivity index (χ1n) is 5.95. The first kappa shape index (κ1) is 15.1. The molecule has 0 aliphatic heterocycles. The lowest BCUT2D eigenvalue weighted by molar-refractivity contribution is 0.0954. The first-order valence-corrected chi connectivity index (χ1v) is 6.74. The molecule has 0 aliphatic rings. The molecule has 1 N–H and O–H groups in total. The molecule has 1 aromatic heterocycles. The molecule has 0 unspecified atom stereocenters. The van der Waals surface area contributed by atoms with Gasteiger partial charge < -0.3 is 13.9 Å². The van der Waals surface area contributed by atoms with E-state index in [-0.39, 0.29) is 5.91 Å². The van der Waals surface area contributed by atoms with Gasteiger partial charge in [0.2, 0.25) is 0 Å². The van der Waals surface area contributed by atoms with Crippen LogP contribution in [-0.2, 0) is 0 Å². The van der Waals surface area contributed by atoms with Crippen LogP contribution in [0.3, 0.4) is 0 Å². The number of nitrogens with zero attached hydrogens (tertiary/aromatic N) is 1. The average molecular weight is 353 g/mol. The van der Waals surface area contributed by atoms with Gasteiger partial charge in [0.05, 0.1) is 20.4 Å². The molecule has 0 aliphatic carbocycles. The van der Waals surface area contributed by atoms with Crippen LogP contribution in [0.1, 0.15) is 16.1 Å². The Labute approximate surface area is 129 Å². The van der Waals surface area contributed by atoms with Crippen LogP contribution in [0.4, 0.5) is 0 Å². The maximum absolute atomic E-state index is 11.9. The van der Waals surface area contributed by atoms with Gasteiger partial charge in [-0.05, 0) is 46.3 Å². The molecule has 1 heterocycles. The SMILES string of the molecule is COc1ccc(C(=O)N/N=C/c2ccc(Br)o2)cc1OC. The number of amides is 1. The molecule has 0 saturated carbocycles. The maximum Gasteiger partial charge on any atom is 0.271 e. The number of hydrogen-bond donors (Lipinski definition) is 1. The molecular weight excluding hydrogens is 340 g/mol. The van der Waals surface area contributed by atoms with Crippen molar-refractivity contribution in [1.82, 2.24) is 5.43 Å². The molecule has 0 saturated heterocycles. The summed E-state index contributed by atoms with van der Waals surface area (Å²) in [5.41, 5.74) is 2.81. The normalized spacial score (nSPS) is 10.6. The third-order valence-corrected chi connectivity index (χ3v) is 3.02. The summed E-state index contributed by atoms with van der Waals surface area (Å²) in [7, 11) is 3.04. The van der Waals surface area contributed by atoms with E-state index in [2.05, 4.69) is 26.5 Å². The molecule has 21 heavy (non-hydrogen) atoms. The Hall–Kier alpha value is -2.28. The van der Waals surface area contributed by atoms with Crippen LogP contribution in [0.2, 0.25) is 0 Å². The number of halogens is 1. The molecule has 0 atom stereocenters. The Morgan fingerprint density at radius 2 is 2.00 bits per heavy atom. The zero-order chi connectivity index (χ0) is 15.2. The summed E-state index contributed by atoms with van der Waals surface area (Å²) in [5.74, 6) is 1.19. The summed E-state index contributed by atoms with van der Waals surface area (Å²) in [6, 6.07) is 8.30. The molecule has 0 bridgehead atoms. The van der Waals surface area contributed by atoms with Gasteiger partial charge in [0, 0.05) is 5.56 Å². The lowest BCUT2D eigenvalue weighted by atomic mass is 10.2. The molecule has 2 aromatic rings. The molecular formula is C14H13BrN2O4. The topological polar surface area (TPSA) is 73.1 Å². The lowest BCUT2D eigenvalue weighted by Gasteiger charge is -2.08. The number of methoxy groups -OCH3 is 2. The van der Waals surface area contributed by atoms with Crippen LogP contribution in [0.15, 0.2) is 44.5 Å². The standard InChI is InChI=1S/C14H13BrN2O4/c1-19-11-5-3-9(7-12(11)20-2)14(18)17-16-8-10-4-6-13(15)21-10/h3-8H,1-2H3,(H,17,18)/b16-8+. The van der Waals surface area contributed by atoms with Crippen molar-refractivity contribution in [2.45, 2.75) is 0 Å². The molecule has 2 rings (SSSR count). The van der Waals surface area contributed by atoms with Gasteiger partial charge in [-0.25, -0.2) is 5.43 Å². The molecule has 1 aromatic carbocycles. The fourth-order valence-corrected chi connectivity index (χ4v) is 1.91. The highest BCUT2D eigenvalue weighted by Crippen LogP contribution is 2.27. The fourth-order valence-electron chi connectivity index (χ4n) is 1.59. The van der Waals surface area contributed by atoms with Gasteiger partial charge in [0.15, 0.2) is 16.2 Å². The average Bonchev–Trinajstić information content (AvgIpc) is 2.91. The smallest absolute Gasteiger partial charge is 0.271 e. The van der Waals surface area contributed by atoms with E-state index in [0.717, 1.165) is 0 Å². The number of carbonyl (C=O) groups is 1. The number of ether oxygens (including phenoxy) is 2. The Morgan fingerprint density at radius 3 is 2.62 bits per heavy atom. The van der Waals surface area contributed by atoms with Crippen LogP contribution in [0, 0.1) is 0 Å². The van der Waals surface area contributed by atoms with Crippen LogP contribution < -0.4 is 14.9 Å². The van der Waals surface area contributed by atoms with Gasteiger partial charge in [0.25, 0.3) is 5.91 Å². The van der Waals surface area contributed by atoms with Crippen LogP contribution in [-0.4, -0.2) is 26.3 Å². The van der Waals surface area contributed by atoms with Gasteiger partial charge >= 0.3 is 0 Å². The van der Waals surface area contributed by atoms with Gasteiger partial charge in [-0.15, -0.1) is 0 Å². The Kier molecular flexibility index (Phi) is 4.99. The van der Waals surface area contributed by atoms with E-state index in [1.165, 1.54) is 20.4 Å². The summed E-state index contributed by atoms with van der Waals surface area (Å²) < 4.78 is 16.1. The molecule has 110 valence electrons. The fraction of sp³-hybridized carbons (Fsp3) is 0.143. The van der Waals surface area contributed by atoms with E-state index in [1.54, 1.807) is 30.3 Å². The molecule has 0 radical (unpaired) electrons. The highest BCUT2D eigenvalue weighted by Gasteiger charge is 2.09. The van der Waals surface area contributed by atoms with Gasteiger partial charge in [0.1, 0.15) is 5.76 Å². The van der Waals surface area contributed by atoms with E-state index < -0.39 is 0 Å². The lowest BCUT2D eigenvalue weighted by Crippen LogP contribution is -2.17. The quantitative estimate of drug-likeness (QED) is 0.663. The zero-order valence-electron chi connectivity index (χ0n) is 11.4. The second-order valence-electron chi connectivity index (χ2n) is 3.91. The Morgan fingerprint density at radius 1 is 1.24 bits per heavy atom. The highest BCUT2D eigenvalue weighted by atomic mass is 79.9. The van der Waals surface area contributed by atoms with E-state index in [9.17, 15) is 4.79 Å². The van der Waals surface area contributed by atoms with Gasteiger partial charge in [-0.1, -0.05) is 0 Å².